The molecule has 1 fully saturated rings. The Morgan fingerprint density at radius 3 is 2.00 bits per heavy atom. The van der Waals surface area contributed by atoms with Gasteiger partial charge >= 0.3 is 17.9 Å². The van der Waals surface area contributed by atoms with Crippen molar-refractivity contribution in [3.63, 3.8) is 0 Å². The molecule has 23 heteroatoms. The fraction of sp³-hybridized carbons (Fsp3) is 0.549. The van der Waals surface area contributed by atoms with E-state index in [2.05, 4.69) is 43.5 Å². The minimum atomic E-state index is -1.89. The van der Waals surface area contributed by atoms with Crippen molar-refractivity contribution in [3.05, 3.63) is 72.0 Å². The summed E-state index contributed by atoms with van der Waals surface area (Å²) >= 11 is 0. The maximum absolute atomic E-state index is 14.5. The van der Waals surface area contributed by atoms with E-state index in [-0.39, 0.29) is 43.6 Å². The first-order valence-corrected chi connectivity index (χ1v) is 24.5. The van der Waals surface area contributed by atoms with Crippen LogP contribution in [-0.4, -0.2) is 136 Å². The highest BCUT2D eigenvalue weighted by atomic mass is 16.5. The number of nitrogens with one attached hydrogen (secondary N) is 6. The molecule has 10 atom stereocenters. The lowest BCUT2D eigenvalue weighted by Gasteiger charge is -2.28. The SMILES string of the molecule is C=C1C(=O)N[C@@H](C)C(=O)N[C@H](CC(C)C)C(=O)N[C@@H](C(=O)O)[C@@H](C)C(=O)N[C@H](CCCCN=C(N)N)C(=O)N[C@H](C=CC(C)=C[C@H](C)[C@@H](Cc2ccccc2)OC(C)=O)[C@H](C)C(=O)N[C@H](C(=O)O)CCC(=O)N1C. The lowest BCUT2D eigenvalue weighted by molar-refractivity contribution is -0.148. The van der Waals surface area contributed by atoms with Gasteiger partial charge in [0.15, 0.2) is 5.96 Å². The van der Waals surface area contributed by atoms with Gasteiger partial charge in [0.1, 0.15) is 42.0 Å². The first-order valence-electron chi connectivity index (χ1n) is 24.5. The number of carboxylic acid groups (broad SMARTS) is 2. The van der Waals surface area contributed by atoms with Crippen LogP contribution in [0, 0.1) is 23.7 Å². The Morgan fingerprint density at radius 2 is 1.42 bits per heavy atom. The largest absolute Gasteiger partial charge is 0.480 e. The van der Waals surface area contributed by atoms with Gasteiger partial charge in [-0.3, -0.25) is 43.3 Å². The zero-order chi connectivity index (χ0) is 56.0. The number of benzene rings is 1. The molecule has 0 spiro atoms. The lowest BCUT2D eigenvalue weighted by Crippen LogP contribution is -2.59. The molecule has 1 saturated heterocycles. The summed E-state index contributed by atoms with van der Waals surface area (Å²) in [6.45, 7) is 16.1. The molecule has 0 aliphatic carbocycles. The second kappa shape index (κ2) is 30.4. The average Bonchev–Trinajstić information content (AvgIpc) is 3.32. The molecule has 1 heterocycles. The molecule has 0 radical (unpaired) electrons. The van der Waals surface area contributed by atoms with Gasteiger partial charge in [0, 0.05) is 39.3 Å². The second-order valence-corrected chi connectivity index (χ2v) is 19.0. The smallest absolute Gasteiger partial charge is 0.327 e. The van der Waals surface area contributed by atoms with Gasteiger partial charge in [-0.25, -0.2) is 9.59 Å². The number of nitrogens with two attached hydrogens (primary N) is 2. The third-order valence-corrected chi connectivity index (χ3v) is 12.2. The maximum atomic E-state index is 14.5. The molecule has 12 N–H and O–H groups in total. The van der Waals surface area contributed by atoms with E-state index in [1.54, 1.807) is 26.8 Å². The van der Waals surface area contributed by atoms with Gasteiger partial charge in [0.05, 0.1) is 17.9 Å². The molecule has 408 valence electrons. The Kier molecular flexibility index (Phi) is 25.7. The van der Waals surface area contributed by atoms with Crippen LogP contribution in [-0.2, 0) is 59.1 Å². The minimum absolute atomic E-state index is 0.00265. The predicted octanol–water partition coefficient (Wildman–Crippen LogP) is 0.925. The van der Waals surface area contributed by atoms with E-state index in [9.17, 15) is 58.2 Å². The van der Waals surface area contributed by atoms with Gasteiger partial charge in [-0.1, -0.05) is 95.3 Å². The van der Waals surface area contributed by atoms with Crippen molar-refractivity contribution < 1.29 is 62.9 Å². The Balaban J connectivity index is 2.76. The highest BCUT2D eigenvalue weighted by Gasteiger charge is 2.37. The maximum Gasteiger partial charge on any atom is 0.327 e. The highest BCUT2D eigenvalue weighted by molar-refractivity contribution is 6.00. The van der Waals surface area contributed by atoms with Crippen LogP contribution in [0.4, 0.5) is 0 Å². The Labute approximate surface area is 432 Å². The van der Waals surface area contributed by atoms with Crippen LogP contribution in [0.25, 0.3) is 0 Å². The number of esters is 1. The van der Waals surface area contributed by atoms with Crippen molar-refractivity contribution >= 4 is 65.2 Å². The fourth-order valence-electron chi connectivity index (χ4n) is 7.69. The van der Waals surface area contributed by atoms with Gasteiger partial charge < -0.3 is 63.2 Å². The van der Waals surface area contributed by atoms with E-state index in [0.717, 1.165) is 10.5 Å². The summed E-state index contributed by atoms with van der Waals surface area (Å²) in [5, 5.41) is 35.6. The Bertz CT molecular complexity index is 2280. The van der Waals surface area contributed by atoms with Gasteiger partial charge in [-0.15, -0.1) is 0 Å². The summed E-state index contributed by atoms with van der Waals surface area (Å²) in [6, 6.07) is 0.529. The van der Waals surface area contributed by atoms with Gasteiger partial charge in [-0.05, 0) is 57.4 Å². The van der Waals surface area contributed by atoms with Crippen LogP contribution in [0.3, 0.4) is 0 Å². The molecule has 23 nitrogen and oxygen atoms in total. The van der Waals surface area contributed by atoms with Crippen molar-refractivity contribution in [1.82, 2.24) is 36.8 Å². The van der Waals surface area contributed by atoms with Crippen molar-refractivity contribution in [3.8, 4) is 0 Å². The number of rotatable bonds is 16. The summed E-state index contributed by atoms with van der Waals surface area (Å²) in [6.07, 6.45) is 4.29. The van der Waals surface area contributed by atoms with Crippen LogP contribution < -0.4 is 43.4 Å². The van der Waals surface area contributed by atoms with Crippen LogP contribution in [0.15, 0.2) is 71.4 Å². The molecule has 1 aromatic rings. The quantitative estimate of drug-likeness (QED) is 0.0275. The molecule has 0 unspecified atom stereocenters. The summed E-state index contributed by atoms with van der Waals surface area (Å²) in [5.41, 5.74) is 12.1. The molecule has 1 aliphatic heterocycles. The minimum Gasteiger partial charge on any atom is -0.480 e. The highest BCUT2D eigenvalue weighted by Crippen LogP contribution is 2.20. The van der Waals surface area contributed by atoms with E-state index >= 15 is 0 Å². The summed E-state index contributed by atoms with van der Waals surface area (Å²) in [5.74, 6) is -13.4. The standard InChI is InChI=1S/C51H76N10O13/c1-27(2)24-39-48(69)60-42(50(72)73)31(6)44(65)57-37(18-14-15-23-54-51(52)53)47(68)56-36(20-19-28(3)25-29(4)40(74-34(9)62)26-35-16-12-11-13-17-35)30(5)43(64)58-38(49(70)71)21-22-41(63)61(10)33(8)46(67)55-32(7)45(66)59-39/h11-13,16-17,19-20,25,27,29-32,36-40,42H,8,14-15,18,21-24,26H2,1-7,9-10H3,(H,55,67)(H,56,68)(H,57,65)(H,58,64)(H,59,66)(H,60,69)(H,70,71)(H,72,73)(H4,52,53,54)/t29-,30-,31+,32-,36+,37+,38-,39+,40+,42+/m0/s1. The van der Waals surface area contributed by atoms with Crippen molar-refractivity contribution in [2.45, 2.75) is 143 Å². The van der Waals surface area contributed by atoms with Gasteiger partial charge in [0.2, 0.25) is 35.4 Å². The summed E-state index contributed by atoms with van der Waals surface area (Å²) in [7, 11) is 1.20. The number of carbonyl (C=O) groups excluding carboxylic acids is 8. The topological polar surface area (TPSA) is 360 Å². The number of carboxylic acids is 2. The number of aliphatic imine (C=N–C) groups is 1. The van der Waals surface area contributed by atoms with Crippen LogP contribution in [0.2, 0.25) is 0 Å². The van der Waals surface area contributed by atoms with Crippen molar-refractivity contribution in [2.75, 3.05) is 13.6 Å². The molecule has 1 aromatic carbocycles. The van der Waals surface area contributed by atoms with Crippen molar-refractivity contribution in [2.24, 2.45) is 40.1 Å². The van der Waals surface area contributed by atoms with Crippen molar-refractivity contribution in [1.29, 1.82) is 0 Å². The lowest BCUT2D eigenvalue weighted by atomic mass is 9.94. The van der Waals surface area contributed by atoms with E-state index in [1.165, 1.54) is 40.8 Å². The van der Waals surface area contributed by atoms with Gasteiger partial charge in [-0.2, -0.15) is 0 Å². The summed E-state index contributed by atoms with van der Waals surface area (Å²) in [4.78, 5) is 138. The van der Waals surface area contributed by atoms with Gasteiger partial charge in [0.25, 0.3) is 5.91 Å². The Hall–Kier alpha value is -7.59. The molecule has 0 saturated carbocycles. The van der Waals surface area contributed by atoms with E-state index in [4.69, 9.17) is 16.2 Å². The van der Waals surface area contributed by atoms with Crippen LogP contribution in [0.1, 0.15) is 99.5 Å². The molecule has 74 heavy (non-hydrogen) atoms. The molecule has 7 amide bonds. The van der Waals surface area contributed by atoms with Crippen LogP contribution >= 0.6 is 0 Å². The Morgan fingerprint density at radius 1 is 0.811 bits per heavy atom. The number of hydrogen-bond donors (Lipinski definition) is 10. The molecule has 2 rings (SSSR count). The van der Waals surface area contributed by atoms with Crippen LogP contribution in [0.5, 0.6) is 0 Å². The number of amides is 7. The number of nitrogens with zero attached hydrogens (tertiary/aromatic N) is 2. The molecular formula is C51H76N10O13. The first-order chi connectivity index (χ1) is 34.6. The third-order valence-electron chi connectivity index (χ3n) is 12.2. The average molecular weight is 1040 g/mol. The predicted molar refractivity (Wildman–Crippen MR) is 274 cm³/mol. The fourth-order valence-corrected chi connectivity index (χ4v) is 7.69. The number of allylic oxidation sites excluding steroid dienone is 2. The molecular weight excluding hydrogens is 961 g/mol. The molecule has 0 bridgehead atoms. The number of ether oxygens (including phenoxy) is 1. The molecule has 1 aliphatic rings. The number of unbranched alkanes of at least 4 members (excludes halogenated alkanes) is 1. The monoisotopic (exact) mass is 1040 g/mol. The summed E-state index contributed by atoms with van der Waals surface area (Å²) < 4.78 is 5.68. The second-order valence-electron chi connectivity index (χ2n) is 19.0. The zero-order valence-corrected chi connectivity index (χ0v) is 43.8. The number of hydrogen-bond acceptors (Lipinski definition) is 12. The normalized spacial score (nSPS) is 24.7. The first kappa shape index (κ1) is 62.5. The van der Waals surface area contributed by atoms with E-state index in [0.29, 0.717) is 18.4 Å². The zero-order valence-electron chi connectivity index (χ0n) is 43.8. The number of aliphatic carboxylic acids is 2. The van der Waals surface area contributed by atoms with E-state index in [1.807, 2.05) is 43.3 Å². The number of carbonyl (C=O) groups is 10. The van der Waals surface area contributed by atoms with E-state index < -0.39 is 132 Å². The molecule has 0 aromatic heterocycles. The number of guanidine groups is 1. The third kappa shape index (κ3) is 21.2. The number of likely N-dealkylation sites (N-methyl/N-ethyl adjacent to an activating group) is 1.